The first-order valence-electron chi connectivity index (χ1n) is 6.69. The van der Waals surface area contributed by atoms with Crippen LogP contribution in [0.2, 0.25) is 0 Å². The van der Waals surface area contributed by atoms with Gasteiger partial charge in [-0.3, -0.25) is 4.72 Å². The van der Waals surface area contributed by atoms with Gasteiger partial charge in [0.05, 0.1) is 0 Å². The molecule has 0 radical (unpaired) electrons. The Morgan fingerprint density at radius 2 is 2.10 bits per heavy atom. The summed E-state index contributed by atoms with van der Waals surface area (Å²) in [5, 5.41) is 11.8. The molecule has 0 saturated carbocycles. The van der Waals surface area contributed by atoms with E-state index < -0.39 is 10.0 Å². The third-order valence-corrected chi connectivity index (χ3v) is 5.10. The second-order valence-corrected chi connectivity index (χ2v) is 7.33. The SMILES string of the molecule is CCNCc1cc(S(=O)(=O)Nc2nnc(C)s2)cn1CC. The minimum Gasteiger partial charge on any atom is -0.349 e. The molecule has 0 aromatic carbocycles. The number of hydrogen-bond acceptors (Lipinski definition) is 6. The molecule has 2 aromatic rings. The van der Waals surface area contributed by atoms with Crippen molar-refractivity contribution in [1.82, 2.24) is 20.1 Å². The molecule has 0 saturated heterocycles. The van der Waals surface area contributed by atoms with E-state index in [0.29, 0.717) is 18.1 Å². The average molecular weight is 329 g/mol. The number of rotatable bonds is 7. The van der Waals surface area contributed by atoms with Crippen LogP contribution in [-0.2, 0) is 23.1 Å². The fourth-order valence-corrected chi connectivity index (χ4v) is 3.76. The summed E-state index contributed by atoms with van der Waals surface area (Å²) in [6, 6.07) is 1.68. The molecule has 0 atom stereocenters. The number of aromatic nitrogens is 3. The van der Waals surface area contributed by atoms with Gasteiger partial charge in [0.2, 0.25) is 5.13 Å². The van der Waals surface area contributed by atoms with Crippen molar-refractivity contribution in [3.63, 3.8) is 0 Å². The van der Waals surface area contributed by atoms with Gasteiger partial charge in [-0.1, -0.05) is 18.3 Å². The summed E-state index contributed by atoms with van der Waals surface area (Å²) in [6.07, 6.45) is 1.64. The lowest BCUT2D eigenvalue weighted by Crippen LogP contribution is -2.14. The predicted molar refractivity (Wildman–Crippen MR) is 82.9 cm³/mol. The normalized spacial score (nSPS) is 11.8. The monoisotopic (exact) mass is 329 g/mol. The summed E-state index contributed by atoms with van der Waals surface area (Å²) in [5.41, 5.74) is 0.938. The number of anilines is 1. The summed E-state index contributed by atoms with van der Waals surface area (Å²) in [6.45, 7) is 7.95. The predicted octanol–water partition coefficient (Wildman–Crippen LogP) is 1.58. The molecule has 0 bridgehead atoms. The van der Waals surface area contributed by atoms with Crippen molar-refractivity contribution in [2.75, 3.05) is 11.3 Å². The van der Waals surface area contributed by atoms with E-state index in [0.717, 1.165) is 12.2 Å². The lowest BCUT2D eigenvalue weighted by molar-refractivity contribution is 0.600. The zero-order valence-electron chi connectivity index (χ0n) is 12.3. The van der Waals surface area contributed by atoms with Crippen molar-refractivity contribution >= 4 is 26.5 Å². The molecule has 0 fully saturated rings. The van der Waals surface area contributed by atoms with Gasteiger partial charge in [0, 0.05) is 25.0 Å². The first-order valence-corrected chi connectivity index (χ1v) is 8.99. The average Bonchev–Trinajstić information content (AvgIpc) is 3.02. The van der Waals surface area contributed by atoms with E-state index in [1.54, 1.807) is 19.2 Å². The molecule has 9 heteroatoms. The van der Waals surface area contributed by atoms with Crippen LogP contribution in [0.15, 0.2) is 17.2 Å². The Morgan fingerprint density at radius 3 is 2.67 bits per heavy atom. The molecular weight excluding hydrogens is 310 g/mol. The maximum atomic E-state index is 12.4. The Balaban J connectivity index is 2.25. The molecule has 0 aliphatic rings. The molecule has 116 valence electrons. The van der Waals surface area contributed by atoms with Crippen molar-refractivity contribution in [3.05, 3.63) is 23.0 Å². The van der Waals surface area contributed by atoms with E-state index in [1.807, 2.05) is 18.4 Å². The molecule has 0 aliphatic heterocycles. The van der Waals surface area contributed by atoms with Crippen molar-refractivity contribution < 1.29 is 8.42 Å². The lowest BCUT2D eigenvalue weighted by Gasteiger charge is -2.05. The fourth-order valence-electron chi connectivity index (χ4n) is 1.88. The van der Waals surface area contributed by atoms with Crippen LogP contribution in [-0.4, -0.2) is 29.7 Å². The Morgan fingerprint density at radius 1 is 1.33 bits per heavy atom. The zero-order valence-corrected chi connectivity index (χ0v) is 13.9. The van der Waals surface area contributed by atoms with Crippen LogP contribution < -0.4 is 10.0 Å². The van der Waals surface area contributed by atoms with Gasteiger partial charge >= 0.3 is 0 Å². The Labute approximate surface area is 128 Å². The number of nitrogens with one attached hydrogen (secondary N) is 2. The molecule has 0 spiro atoms. The Bertz CT molecular complexity index is 705. The molecule has 2 N–H and O–H groups in total. The second kappa shape index (κ2) is 6.54. The number of sulfonamides is 1. The van der Waals surface area contributed by atoms with Gasteiger partial charge in [-0.25, -0.2) is 8.42 Å². The van der Waals surface area contributed by atoms with E-state index in [1.165, 1.54) is 11.3 Å². The molecular formula is C12H19N5O2S2. The van der Waals surface area contributed by atoms with Crippen molar-refractivity contribution in [3.8, 4) is 0 Å². The maximum absolute atomic E-state index is 12.4. The van der Waals surface area contributed by atoms with Gasteiger partial charge in [0.15, 0.2) is 0 Å². The highest BCUT2D eigenvalue weighted by atomic mass is 32.2. The molecule has 0 amide bonds. The van der Waals surface area contributed by atoms with E-state index in [4.69, 9.17) is 0 Å². The van der Waals surface area contributed by atoms with Crippen LogP contribution in [0, 0.1) is 6.92 Å². The highest BCUT2D eigenvalue weighted by molar-refractivity contribution is 7.93. The van der Waals surface area contributed by atoms with Gasteiger partial charge in [-0.2, -0.15) is 0 Å². The highest BCUT2D eigenvalue weighted by Crippen LogP contribution is 2.21. The van der Waals surface area contributed by atoms with E-state index >= 15 is 0 Å². The zero-order chi connectivity index (χ0) is 15.5. The summed E-state index contributed by atoms with van der Waals surface area (Å²) in [7, 11) is -3.63. The van der Waals surface area contributed by atoms with Gasteiger partial charge in [-0.15, -0.1) is 10.2 Å². The first-order chi connectivity index (χ1) is 9.96. The van der Waals surface area contributed by atoms with Crippen LogP contribution >= 0.6 is 11.3 Å². The number of aryl methyl sites for hydroxylation is 2. The van der Waals surface area contributed by atoms with Gasteiger partial charge in [-0.05, 0) is 26.5 Å². The van der Waals surface area contributed by atoms with E-state index in [2.05, 4.69) is 20.2 Å². The minimum absolute atomic E-state index is 0.241. The quantitative estimate of drug-likeness (QED) is 0.805. The molecule has 0 unspecified atom stereocenters. The molecule has 2 heterocycles. The maximum Gasteiger partial charge on any atom is 0.265 e. The molecule has 0 aliphatic carbocycles. The topological polar surface area (TPSA) is 88.9 Å². The molecule has 2 rings (SSSR count). The third kappa shape index (κ3) is 3.80. The van der Waals surface area contributed by atoms with Gasteiger partial charge < -0.3 is 9.88 Å². The van der Waals surface area contributed by atoms with Crippen LogP contribution in [0.4, 0.5) is 5.13 Å². The number of nitrogens with zero attached hydrogens (tertiary/aromatic N) is 3. The van der Waals surface area contributed by atoms with E-state index in [9.17, 15) is 8.42 Å². The van der Waals surface area contributed by atoms with Crippen LogP contribution in [0.1, 0.15) is 24.5 Å². The summed E-state index contributed by atoms with van der Waals surface area (Å²) in [4.78, 5) is 0.241. The van der Waals surface area contributed by atoms with Gasteiger partial charge in [0.25, 0.3) is 10.0 Å². The smallest absolute Gasteiger partial charge is 0.265 e. The molecule has 2 aromatic heterocycles. The van der Waals surface area contributed by atoms with Crippen LogP contribution in [0.3, 0.4) is 0 Å². The minimum atomic E-state index is -3.63. The van der Waals surface area contributed by atoms with Crippen molar-refractivity contribution in [2.45, 2.75) is 38.8 Å². The highest BCUT2D eigenvalue weighted by Gasteiger charge is 2.19. The lowest BCUT2D eigenvalue weighted by atomic mass is 10.4. The molecule has 21 heavy (non-hydrogen) atoms. The van der Waals surface area contributed by atoms with Crippen LogP contribution in [0.5, 0.6) is 0 Å². The summed E-state index contributed by atoms with van der Waals surface area (Å²) in [5.74, 6) is 0. The van der Waals surface area contributed by atoms with E-state index in [-0.39, 0.29) is 10.0 Å². The standard InChI is InChI=1S/C12H19N5O2S2/c1-4-13-7-10-6-11(8-17(10)5-2)21(18,19)16-12-15-14-9(3)20-12/h6,8,13H,4-5,7H2,1-3H3,(H,15,16). The number of hydrogen-bond donors (Lipinski definition) is 2. The Kier molecular flexibility index (Phi) is 4.96. The van der Waals surface area contributed by atoms with Gasteiger partial charge in [0.1, 0.15) is 9.90 Å². The summed E-state index contributed by atoms with van der Waals surface area (Å²) < 4.78 is 29.1. The largest absolute Gasteiger partial charge is 0.349 e. The first kappa shape index (κ1) is 15.9. The van der Waals surface area contributed by atoms with Crippen molar-refractivity contribution in [1.29, 1.82) is 0 Å². The van der Waals surface area contributed by atoms with Crippen molar-refractivity contribution in [2.24, 2.45) is 0 Å². The third-order valence-electron chi connectivity index (χ3n) is 2.92. The van der Waals surface area contributed by atoms with Crippen LogP contribution in [0.25, 0.3) is 0 Å². The summed E-state index contributed by atoms with van der Waals surface area (Å²) >= 11 is 1.21. The fraction of sp³-hybridized carbons (Fsp3) is 0.500. The second-order valence-electron chi connectivity index (χ2n) is 4.47. The molecule has 7 nitrogen and oxygen atoms in total. The Hall–Kier alpha value is -1.45.